The molecule has 1 rings (SSSR count). The van der Waals surface area contributed by atoms with E-state index in [1.165, 1.54) is 36.8 Å². The van der Waals surface area contributed by atoms with Crippen LogP contribution in [0, 0.1) is 0 Å². The van der Waals surface area contributed by atoms with Gasteiger partial charge in [0.15, 0.2) is 0 Å². The van der Waals surface area contributed by atoms with Crippen LogP contribution in [0.4, 0.5) is 0 Å². The van der Waals surface area contributed by atoms with E-state index in [0.29, 0.717) is 10.5 Å². The van der Waals surface area contributed by atoms with Crippen LogP contribution in [0.5, 0.6) is 0 Å². The maximum absolute atomic E-state index is 3.42. The van der Waals surface area contributed by atoms with Gasteiger partial charge in [-0.1, -0.05) is 75.9 Å². The Kier molecular flexibility index (Phi) is 11.1. The van der Waals surface area contributed by atoms with E-state index in [9.17, 15) is 0 Å². The van der Waals surface area contributed by atoms with Gasteiger partial charge in [0, 0.05) is 23.6 Å². The lowest BCUT2D eigenvalue weighted by Gasteiger charge is -2.08. The second-order valence-electron chi connectivity index (χ2n) is 6.15. The molecule has 0 spiro atoms. The van der Waals surface area contributed by atoms with Gasteiger partial charge in [0.1, 0.15) is 0 Å². The third-order valence-electron chi connectivity index (χ3n) is 3.15. The van der Waals surface area contributed by atoms with Crippen molar-refractivity contribution in [2.24, 2.45) is 0 Å². The smallest absolute Gasteiger partial charge is 0.0136 e. The fourth-order valence-corrected chi connectivity index (χ4v) is 3.24. The van der Waals surface area contributed by atoms with E-state index in [1.54, 1.807) is 0 Å². The largest absolute Gasteiger partial charge is 0.264 e. The van der Waals surface area contributed by atoms with Crippen LogP contribution in [-0.4, -0.2) is 23.6 Å². The summed E-state index contributed by atoms with van der Waals surface area (Å²) in [7, 11) is 0. The zero-order chi connectivity index (χ0) is 16.2. The lowest BCUT2D eigenvalue weighted by Crippen LogP contribution is -2.10. The molecular formula is C18H32N2S2. The van der Waals surface area contributed by atoms with Gasteiger partial charge in [-0.25, -0.2) is 0 Å². The van der Waals surface area contributed by atoms with Crippen LogP contribution in [0.2, 0.25) is 0 Å². The molecule has 0 fully saturated rings. The predicted molar refractivity (Wildman–Crippen MR) is 105 cm³/mol. The molecule has 1 aromatic rings. The highest BCUT2D eigenvalue weighted by Crippen LogP contribution is 2.10. The van der Waals surface area contributed by atoms with E-state index in [-0.39, 0.29) is 0 Å². The minimum absolute atomic E-state index is 0.660. The molecule has 0 radical (unpaired) electrons. The minimum Gasteiger partial charge on any atom is -0.264 e. The molecule has 0 saturated heterocycles. The second-order valence-corrected chi connectivity index (χ2v) is 9.08. The standard InChI is InChI=1S/C18H32N2S2/c1-15(2)21-19-13-5-7-17-9-11-18(12-10-17)8-6-14-20-22-16(3)4/h9-12,15-16,19-20H,5-8,13-14H2,1-4H3. The van der Waals surface area contributed by atoms with E-state index < -0.39 is 0 Å². The fourth-order valence-electron chi connectivity index (χ4n) is 2.05. The number of hydrogen-bond donors (Lipinski definition) is 2. The molecule has 0 atom stereocenters. The van der Waals surface area contributed by atoms with Gasteiger partial charge in [0.25, 0.3) is 0 Å². The molecule has 2 N–H and O–H groups in total. The van der Waals surface area contributed by atoms with Gasteiger partial charge in [-0.15, -0.1) is 0 Å². The number of aryl methyl sites for hydroxylation is 2. The summed E-state index contributed by atoms with van der Waals surface area (Å²) < 4.78 is 6.84. The molecule has 0 aromatic heterocycles. The van der Waals surface area contributed by atoms with E-state index in [2.05, 4.69) is 61.4 Å². The van der Waals surface area contributed by atoms with Crippen LogP contribution >= 0.6 is 23.9 Å². The topological polar surface area (TPSA) is 24.1 Å². The molecule has 22 heavy (non-hydrogen) atoms. The highest BCUT2D eigenvalue weighted by Gasteiger charge is 1.98. The fraction of sp³-hybridized carbons (Fsp3) is 0.667. The zero-order valence-corrected chi connectivity index (χ0v) is 16.2. The van der Waals surface area contributed by atoms with Crippen LogP contribution in [0.3, 0.4) is 0 Å². The van der Waals surface area contributed by atoms with Gasteiger partial charge in [-0.05, 0) is 36.8 Å². The normalized spacial score (nSPS) is 11.5. The Labute approximate surface area is 145 Å². The van der Waals surface area contributed by atoms with E-state index in [0.717, 1.165) is 13.1 Å². The van der Waals surface area contributed by atoms with Gasteiger partial charge in [-0.3, -0.25) is 9.44 Å². The van der Waals surface area contributed by atoms with Crippen LogP contribution in [0.1, 0.15) is 51.7 Å². The Morgan fingerprint density at radius 1 is 0.727 bits per heavy atom. The first-order valence-corrected chi connectivity index (χ1v) is 10.2. The lowest BCUT2D eigenvalue weighted by molar-refractivity contribution is 0.787. The third-order valence-corrected chi connectivity index (χ3v) is 4.83. The van der Waals surface area contributed by atoms with Crippen LogP contribution < -0.4 is 9.44 Å². The molecular weight excluding hydrogens is 308 g/mol. The number of hydrogen-bond acceptors (Lipinski definition) is 4. The first-order chi connectivity index (χ1) is 10.6. The van der Waals surface area contributed by atoms with Gasteiger partial charge in [0.05, 0.1) is 0 Å². The first-order valence-electron chi connectivity index (χ1n) is 8.42. The zero-order valence-electron chi connectivity index (χ0n) is 14.5. The van der Waals surface area contributed by atoms with Crippen LogP contribution in [0.25, 0.3) is 0 Å². The van der Waals surface area contributed by atoms with Gasteiger partial charge < -0.3 is 0 Å². The van der Waals surface area contributed by atoms with Crippen molar-refractivity contribution in [3.8, 4) is 0 Å². The molecule has 4 heteroatoms. The summed E-state index contributed by atoms with van der Waals surface area (Å²) in [5, 5.41) is 1.32. The van der Waals surface area contributed by atoms with Crippen molar-refractivity contribution in [3.63, 3.8) is 0 Å². The van der Waals surface area contributed by atoms with Crippen molar-refractivity contribution in [3.05, 3.63) is 35.4 Å². The highest BCUT2D eigenvalue weighted by atomic mass is 32.2. The monoisotopic (exact) mass is 340 g/mol. The SMILES string of the molecule is CC(C)SNCCCc1ccc(CCCNSC(C)C)cc1. The van der Waals surface area contributed by atoms with Gasteiger partial charge in [-0.2, -0.15) is 0 Å². The van der Waals surface area contributed by atoms with Crippen molar-refractivity contribution < 1.29 is 0 Å². The Morgan fingerprint density at radius 2 is 1.09 bits per heavy atom. The minimum atomic E-state index is 0.660. The van der Waals surface area contributed by atoms with Crippen molar-refractivity contribution in [2.75, 3.05) is 13.1 Å². The van der Waals surface area contributed by atoms with E-state index >= 15 is 0 Å². The average molecular weight is 341 g/mol. The number of rotatable bonds is 12. The molecule has 0 saturated carbocycles. The molecule has 0 aliphatic rings. The molecule has 0 bridgehead atoms. The maximum Gasteiger partial charge on any atom is 0.0136 e. The first kappa shape index (κ1) is 19.9. The van der Waals surface area contributed by atoms with E-state index in [4.69, 9.17) is 0 Å². The quantitative estimate of drug-likeness (QED) is 0.420. The number of nitrogens with one attached hydrogen (secondary N) is 2. The Balaban J connectivity index is 2.12. The molecule has 1 aromatic carbocycles. The summed E-state index contributed by atoms with van der Waals surface area (Å²) in [6.07, 6.45) is 4.74. The molecule has 2 nitrogen and oxygen atoms in total. The summed E-state index contributed by atoms with van der Waals surface area (Å²) in [4.78, 5) is 0. The lowest BCUT2D eigenvalue weighted by atomic mass is 10.0. The van der Waals surface area contributed by atoms with Crippen LogP contribution in [-0.2, 0) is 12.8 Å². The molecule has 0 unspecified atom stereocenters. The van der Waals surface area contributed by atoms with Crippen molar-refractivity contribution in [2.45, 2.75) is 63.9 Å². The van der Waals surface area contributed by atoms with Crippen molar-refractivity contribution >= 4 is 23.9 Å². The molecule has 0 heterocycles. The molecule has 126 valence electrons. The van der Waals surface area contributed by atoms with Crippen molar-refractivity contribution in [1.82, 2.24) is 9.44 Å². The van der Waals surface area contributed by atoms with Gasteiger partial charge >= 0.3 is 0 Å². The van der Waals surface area contributed by atoms with E-state index in [1.807, 2.05) is 23.9 Å². The summed E-state index contributed by atoms with van der Waals surface area (Å²) >= 11 is 3.65. The summed E-state index contributed by atoms with van der Waals surface area (Å²) in [6.45, 7) is 11.0. The maximum atomic E-state index is 3.42. The number of benzene rings is 1. The summed E-state index contributed by atoms with van der Waals surface area (Å²) in [6, 6.07) is 9.17. The molecule has 0 amide bonds. The van der Waals surface area contributed by atoms with Crippen molar-refractivity contribution in [1.29, 1.82) is 0 Å². The second kappa shape index (κ2) is 12.3. The molecule has 0 aliphatic heterocycles. The highest BCUT2D eigenvalue weighted by molar-refractivity contribution is 7.98. The predicted octanol–water partition coefficient (Wildman–Crippen LogP) is 4.84. The van der Waals surface area contributed by atoms with Crippen LogP contribution in [0.15, 0.2) is 24.3 Å². The average Bonchev–Trinajstić information content (AvgIpc) is 2.47. The third kappa shape index (κ3) is 10.5. The Morgan fingerprint density at radius 3 is 1.41 bits per heavy atom. The Hall–Kier alpha value is -0.160. The molecule has 0 aliphatic carbocycles. The van der Waals surface area contributed by atoms with Gasteiger partial charge in [0.2, 0.25) is 0 Å². The summed E-state index contributed by atoms with van der Waals surface area (Å²) in [5.41, 5.74) is 2.90. The Bertz CT molecular complexity index is 340. The summed E-state index contributed by atoms with van der Waals surface area (Å²) in [5.74, 6) is 0.